The number of halogens is 1. The van der Waals surface area contributed by atoms with Crippen LogP contribution in [0.1, 0.15) is 27.9 Å². The lowest BCUT2D eigenvalue weighted by Gasteiger charge is -2.10. The summed E-state index contributed by atoms with van der Waals surface area (Å²) >= 11 is 0. The van der Waals surface area contributed by atoms with Crippen LogP contribution in [-0.4, -0.2) is 25.5 Å². The zero-order valence-corrected chi connectivity index (χ0v) is 11.8. The van der Waals surface area contributed by atoms with Crippen molar-refractivity contribution in [3.05, 3.63) is 34.9 Å². The number of rotatable bonds is 3. The summed E-state index contributed by atoms with van der Waals surface area (Å²) in [6.45, 7) is 6.91. The number of benzene rings is 1. The molecule has 1 aromatic carbocycles. The van der Waals surface area contributed by atoms with Crippen LogP contribution < -0.4 is 10.6 Å². The minimum atomic E-state index is 0. The van der Waals surface area contributed by atoms with Crippen molar-refractivity contribution in [2.45, 2.75) is 20.3 Å². The number of amides is 1. The molecule has 1 aliphatic rings. The summed E-state index contributed by atoms with van der Waals surface area (Å²) < 4.78 is 0. The first-order valence-corrected chi connectivity index (χ1v) is 6.22. The van der Waals surface area contributed by atoms with Gasteiger partial charge in [-0.1, -0.05) is 17.2 Å². The summed E-state index contributed by atoms with van der Waals surface area (Å²) in [5, 5.41) is 6.32. The van der Waals surface area contributed by atoms with Gasteiger partial charge in [0.25, 0.3) is 5.91 Å². The largest absolute Gasteiger partial charge is 0.352 e. The standard InChI is InChI=1S/C14H20N2O.ClH/c1-10-5-11(2)7-13(6-10)14(17)16-9-12-3-4-15-8-12;/h5-7,12,15H,3-4,8-9H2,1-2H3,(H,16,17);1H. The van der Waals surface area contributed by atoms with Gasteiger partial charge in [0.05, 0.1) is 0 Å². The third-order valence-electron chi connectivity index (χ3n) is 3.20. The Bertz CT molecular complexity index is 394. The molecule has 100 valence electrons. The topological polar surface area (TPSA) is 41.1 Å². The minimum Gasteiger partial charge on any atom is -0.352 e. The van der Waals surface area contributed by atoms with Crippen LogP contribution in [0.4, 0.5) is 0 Å². The Morgan fingerprint density at radius 1 is 1.33 bits per heavy atom. The molecule has 1 aromatic rings. The average molecular weight is 269 g/mol. The van der Waals surface area contributed by atoms with Crippen molar-refractivity contribution < 1.29 is 4.79 Å². The highest BCUT2D eigenvalue weighted by atomic mass is 35.5. The molecule has 0 aromatic heterocycles. The van der Waals surface area contributed by atoms with Crippen LogP contribution in [0.5, 0.6) is 0 Å². The third-order valence-corrected chi connectivity index (χ3v) is 3.20. The molecule has 0 saturated carbocycles. The van der Waals surface area contributed by atoms with Crippen LogP contribution in [0.15, 0.2) is 18.2 Å². The maximum absolute atomic E-state index is 12.0. The monoisotopic (exact) mass is 268 g/mol. The normalized spacial score (nSPS) is 18.2. The molecule has 1 amide bonds. The summed E-state index contributed by atoms with van der Waals surface area (Å²) in [6.07, 6.45) is 1.16. The van der Waals surface area contributed by atoms with Crippen molar-refractivity contribution in [3.8, 4) is 0 Å². The van der Waals surface area contributed by atoms with E-state index in [2.05, 4.69) is 16.7 Å². The van der Waals surface area contributed by atoms with E-state index in [-0.39, 0.29) is 18.3 Å². The maximum Gasteiger partial charge on any atom is 0.251 e. The Morgan fingerprint density at radius 3 is 2.56 bits per heavy atom. The van der Waals surface area contributed by atoms with Crippen LogP contribution in [0.25, 0.3) is 0 Å². The van der Waals surface area contributed by atoms with Crippen molar-refractivity contribution in [2.75, 3.05) is 19.6 Å². The Morgan fingerprint density at radius 2 is 2.00 bits per heavy atom. The SMILES string of the molecule is Cc1cc(C)cc(C(=O)NCC2CCNC2)c1.Cl. The Hall–Kier alpha value is -1.06. The van der Waals surface area contributed by atoms with E-state index >= 15 is 0 Å². The first-order chi connectivity index (χ1) is 8.15. The quantitative estimate of drug-likeness (QED) is 0.881. The van der Waals surface area contributed by atoms with Crippen molar-refractivity contribution in [3.63, 3.8) is 0 Å². The zero-order valence-electron chi connectivity index (χ0n) is 11.0. The number of hydrogen-bond donors (Lipinski definition) is 2. The summed E-state index contributed by atoms with van der Waals surface area (Å²) in [5.41, 5.74) is 3.05. The fraction of sp³-hybridized carbons (Fsp3) is 0.500. The third kappa shape index (κ3) is 4.00. The van der Waals surface area contributed by atoms with Crippen molar-refractivity contribution in [1.29, 1.82) is 0 Å². The van der Waals surface area contributed by atoms with Gasteiger partial charge in [-0.05, 0) is 51.4 Å². The lowest BCUT2D eigenvalue weighted by atomic mass is 10.1. The predicted octanol–water partition coefficient (Wildman–Crippen LogP) is 2.06. The van der Waals surface area contributed by atoms with Crippen molar-refractivity contribution in [1.82, 2.24) is 10.6 Å². The lowest BCUT2D eigenvalue weighted by Crippen LogP contribution is -2.30. The smallest absolute Gasteiger partial charge is 0.251 e. The van der Waals surface area contributed by atoms with Gasteiger partial charge >= 0.3 is 0 Å². The fourth-order valence-electron chi connectivity index (χ4n) is 2.33. The van der Waals surface area contributed by atoms with E-state index in [1.54, 1.807) is 0 Å². The molecule has 1 atom stereocenters. The lowest BCUT2D eigenvalue weighted by molar-refractivity contribution is 0.0948. The van der Waals surface area contributed by atoms with Crippen LogP contribution >= 0.6 is 12.4 Å². The summed E-state index contributed by atoms with van der Waals surface area (Å²) in [7, 11) is 0. The number of carbonyl (C=O) groups excluding carboxylic acids is 1. The van der Waals surface area contributed by atoms with E-state index < -0.39 is 0 Å². The second-order valence-corrected chi connectivity index (χ2v) is 4.95. The van der Waals surface area contributed by atoms with Gasteiger partial charge in [-0.15, -0.1) is 12.4 Å². The molecule has 0 radical (unpaired) electrons. The van der Waals surface area contributed by atoms with E-state index in [0.717, 1.165) is 42.7 Å². The van der Waals surface area contributed by atoms with Gasteiger partial charge in [0.1, 0.15) is 0 Å². The molecule has 1 fully saturated rings. The van der Waals surface area contributed by atoms with E-state index in [1.807, 2.05) is 26.0 Å². The van der Waals surface area contributed by atoms with Gasteiger partial charge in [0.15, 0.2) is 0 Å². The molecular weight excluding hydrogens is 248 g/mol. The summed E-state index contributed by atoms with van der Waals surface area (Å²) in [6, 6.07) is 5.96. The molecule has 1 saturated heterocycles. The van der Waals surface area contributed by atoms with Gasteiger partial charge in [-0.25, -0.2) is 0 Å². The molecule has 0 bridgehead atoms. The van der Waals surface area contributed by atoms with Crippen LogP contribution in [0.2, 0.25) is 0 Å². The average Bonchev–Trinajstić information content (AvgIpc) is 2.77. The van der Waals surface area contributed by atoms with Crippen LogP contribution in [-0.2, 0) is 0 Å². The molecule has 0 spiro atoms. The Balaban J connectivity index is 0.00000162. The maximum atomic E-state index is 12.0. The van der Waals surface area contributed by atoms with E-state index in [9.17, 15) is 4.79 Å². The second kappa shape index (κ2) is 6.76. The molecule has 18 heavy (non-hydrogen) atoms. The van der Waals surface area contributed by atoms with Gasteiger partial charge < -0.3 is 10.6 Å². The molecule has 0 aliphatic carbocycles. The molecule has 1 heterocycles. The van der Waals surface area contributed by atoms with E-state index in [1.165, 1.54) is 0 Å². The Labute approximate surface area is 115 Å². The van der Waals surface area contributed by atoms with Crippen LogP contribution in [0, 0.1) is 19.8 Å². The predicted molar refractivity (Wildman–Crippen MR) is 76.5 cm³/mol. The Kier molecular flexibility index (Phi) is 5.63. The molecule has 2 rings (SSSR count). The summed E-state index contributed by atoms with van der Waals surface area (Å²) in [4.78, 5) is 12.0. The van der Waals surface area contributed by atoms with Gasteiger partial charge in [0.2, 0.25) is 0 Å². The van der Waals surface area contributed by atoms with Crippen LogP contribution in [0.3, 0.4) is 0 Å². The molecule has 2 N–H and O–H groups in total. The van der Waals surface area contributed by atoms with Crippen molar-refractivity contribution in [2.24, 2.45) is 5.92 Å². The first-order valence-electron chi connectivity index (χ1n) is 6.22. The van der Waals surface area contributed by atoms with E-state index in [4.69, 9.17) is 0 Å². The highest BCUT2D eigenvalue weighted by Crippen LogP contribution is 2.10. The molecule has 1 unspecified atom stereocenters. The number of nitrogens with one attached hydrogen (secondary N) is 2. The second-order valence-electron chi connectivity index (χ2n) is 4.95. The molecule has 4 heteroatoms. The summed E-state index contributed by atoms with van der Waals surface area (Å²) in [5.74, 6) is 0.633. The van der Waals surface area contributed by atoms with Crippen molar-refractivity contribution >= 4 is 18.3 Å². The van der Waals surface area contributed by atoms with E-state index in [0.29, 0.717) is 5.92 Å². The van der Waals surface area contributed by atoms with Gasteiger partial charge in [-0.2, -0.15) is 0 Å². The number of aryl methyl sites for hydroxylation is 2. The molecular formula is C14H21ClN2O. The zero-order chi connectivity index (χ0) is 12.3. The van der Waals surface area contributed by atoms with Gasteiger partial charge in [-0.3, -0.25) is 4.79 Å². The fourth-order valence-corrected chi connectivity index (χ4v) is 2.33. The number of carbonyl (C=O) groups is 1. The molecule has 1 aliphatic heterocycles. The minimum absolute atomic E-state index is 0. The first kappa shape index (κ1) is 15.0. The van der Waals surface area contributed by atoms with Gasteiger partial charge in [0, 0.05) is 12.1 Å². The number of hydrogen-bond acceptors (Lipinski definition) is 2. The molecule has 3 nitrogen and oxygen atoms in total. The highest BCUT2D eigenvalue weighted by Gasteiger charge is 2.15. The highest BCUT2D eigenvalue weighted by molar-refractivity contribution is 5.94.